The Labute approximate surface area is 86.5 Å². The van der Waals surface area contributed by atoms with Gasteiger partial charge in [-0.25, -0.2) is 4.98 Å². The van der Waals surface area contributed by atoms with E-state index in [2.05, 4.69) is 20.5 Å². The van der Waals surface area contributed by atoms with Gasteiger partial charge in [0, 0.05) is 13.5 Å². The molecule has 0 spiro atoms. The van der Waals surface area contributed by atoms with Crippen LogP contribution in [0.25, 0.3) is 0 Å². The molecule has 7 nitrogen and oxygen atoms in total. The second kappa shape index (κ2) is 5.42. The van der Waals surface area contributed by atoms with Gasteiger partial charge < -0.3 is 15.5 Å². The number of carbonyl (C=O) groups is 1. The van der Waals surface area contributed by atoms with Crippen molar-refractivity contribution >= 4 is 5.91 Å². The predicted molar refractivity (Wildman–Crippen MR) is 50.7 cm³/mol. The minimum absolute atomic E-state index is 0.170. The molecule has 0 aliphatic rings. The zero-order valence-electron chi connectivity index (χ0n) is 8.34. The Bertz CT molecular complexity index is 301. The monoisotopic (exact) mass is 214 g/mol. The third-order valence-electron chi connectivity index (χ3n) is 1.89. The molecule has 1 heterocycles. The minimum atomic E-state index is -1.11. The van der Waals surface area contributed by atoms with Crippen LogP contribution < -0.4 is 5.32 Å². The fourth-order valence-corrected chi connectivity index (χ4v) is 1.09. The van der Waals surface area contributed by atoms with E-state index in [9.17, 15) is 15.0 Å². The zero-order valence-corrected chi connectivity index (χ0v) is 8.34. The number of aliphatic hydroxyl groups excluding tert-OH is 2. The van der Waals surface area contributed by atoms with Gasteiger partial charge in [-0.05, 0) is 6.42 Å². The number of rotatable bonds is 5. The molecule has 84 valence electrons. The highest BCUT2D eigenvalue weighted by Crippen LogP contribution is 2.13. The molecule has 0 aromatic carbocycles. The average Bonchev–Trinajstić information content (AvgIpc) is 2.68. The summed E-state index contributed by atoms with van der Waals surface area (Å²) >= 11 is 0. The summed E-state index contributed by atoms with van der Waals surface area (Å²) in [6.07, 6.45) is -0.591. The number of amides is 1. The molecule has 0 fully saturated rings. The molecular weight excluding hydrogens is 200 g/mol. The van der Waals surface area contributed by atoms with E-state index in [-0.39, 0.29) is 18.2 Å². The fraction of sp³-hybridized carbons (Fsp3) is 0.625. The molecule has 0 saturated heterocycles. The van der Waals surface area contributed by atoms with Gasteiger partial charge in [0.2, 0.25) is 5.91 Å². The summed E-state index contributed by atoms with van der Waals surface area (Å²) in [5.74, 6) is 0.0432. The second-order valence-corrected chi connectivity index (χ2v) is 3.15. The summed E-state index contributed by atoms with van der Waals surface area (Å²) in [7, 11) is 0. The van der Waals surface area contributed by atoms with Crippen molar-refractivity contribution in [2.45, 2.75) is 25.6 Å². The van der Waals surface area contributed by atoms with Crippen molar-refractivity contribution in [3.05, 3.63) is 12.2 Å². The van der Waals surface area contributed by atoms with Gasteiger partial charge >= 0.3 is 0 Å². The predicted octanol–water partition coefficient (Wildman–Crippen LogP) is -1.27. The Morgan fingerprint density at radius 3 is 2.93 bits per heavy atom. The number of H-pyrrole nitrogens is 1. The van der Waals surface area contributed by atoms with Crippen LogP contribution in [-0.4, -0.2) is 44.0 Å². The maximum atomic E-state index is 10.5. The van der Waals surface area contributed by atoms with Crippen LogP contribution >= 0.6 is 0 Å². The molecule has 7 heteroatoms. The number of aromatic nitrogens is 3. The second-order valence-electron chi connectivity index (χ2n) is 3.15. The lowest BCUT2D eigenvalue weighted by Gasteiger charge is -2.15. The van der Waals surface area contributed by atoms with Gasteiger partial charge in [0.25, 0.3) is 0 Å². The van der Waals surface area contributed by atoms with E-state index in [0.717, 1.165) is 0 Å². The van der Waals surface area contributed by atoms with Gasteiger partial charge in [0.1, 0.15) is 12.4 Å². The van der Waals surface area contributed by atoms with Crippen molar-refractivity contribution in [1.82, 2.24) is 20.5 Å². The summed E-state index contributed by atoms with van der Waals surface area (Å²) in [6, 6.07) is 0. The highest BCUT2D eigenvalue weighted by Gasteiger charge is 2.20. The summed E-state index contributed by atoms with van der Waals surface area (Å²) in [4.78, 5) is 14.3. The van der Waals surface area contributed by atoms with Gasteiger partial charge in [-0.1, -0.05) is 0 Å². The Hall–Kier alpha value is -1.47. The van der Waals surface area contributed by atoms with Crippen LogP contribution in [0.4, 0.5) is 0 Å². The van der Waals surface area contributed by atoms with Crippen LogP contribution in [0.15, 0.2) is 6.33 Å². The van der Waals surface area contributed by atoms with Gasteiger partial charge in [-0.3, -0.25) is 9.89 Å². The molecule has 1 aromatic heterocycles. The van der Waals surface area contributed by atoms with Crippen LogP contribution in [-0.2, 0) is 4.79 Å². The van der Waals surface area contributed by atoms with Gasteiger partial charge in [-0.15, -0.1) is 0 Å². The highest BCUT2D eigenvalue weighted by atomic mass is 16.3. The van der Waals surface area contributed by atoms with Crippen molar-refractivity contribution in [1.29, 1.82) is 0 Å². The molecule has 0 aliphatic heterocycles. The maximum Gasteiger partial charge on any atom is 0.216 e. The summed E-state index contributed by atoms with van der Waals surface area (Å²) in [6.45, 7) is 1.70. The molecule has 2 atom stereocenters. The summed E-state index contributed by atoms with van der Waals surface area (Å²) < 4.78 is 0. The topological polar surface area (TPSA) is 111 Å². The van der Waals surface area contributed by atoms with Crippen molar-refractivity contribution in [2.24, 2.45) is 0 Å². The number of nitrogens with one attached hydrogen (secondary N) is 2. The summed E-state index contributed by atoms with van der Waals surface area (Å²) in [5, 5.41) is 27.6. The number of aromatic amines is 1. The quantitative estimate of drug-likeness (QED) is 0.488. The van der Waals surface area contributed by atoms with Crippen LogP contribution in [0.2, 0.25) is 0 Å². The third kappa shape index (κ3) is 3.64. The Balaban J connectivity index is 2.33. The molecule has 0 aliphatic carbocycles. The fourth-order valence-electron chi connectivity index (χ4n) is 1.09. The van der Waals surface area contributed by atoms with Crippen molar-refractivity contribution in [3.8, 4) is 0 Å². The largest absolute Gasteiger partial charge is 0.390 e. The number of nitrogens with zero attached hydrogens (tertiary/aromatic N) is 2. The number of aliphatic hydroxyl groups is 2. The first kappa shape index (κ1) is 11.6. The van der Waals surface area contributed by atoms with Crippen LogP contribution in [0.1, 0.15) is 25.3 Å². The third-order valence-corrected chi connectivity index (χ3v) is 1.89. The van der Waals surface area contributed by atoms with Crippen LogP contribution in [0.5, 0.6) is 0 Å². The first-order chi connectivity index (χ1) is 7.11. The van der Waals surface area contributed by atoms with E-state index in [1.165, 1.54) is 13.3 Å². The Kier molecular flexibility index (Phi) is 4.19. The standard InChI is InChI=1S/C8H14N4O3/c1-5(13)9-3-2-6(14)7(15)8-10-4-11-12-8/h4,6-7,14-15H,2-3H2,1H3,(H,9,13)(H,10,11,12). The number of hydrogen-bond acceptors (Lipinski definition) is 5. The van der Waals surface area contributed by atoms with Gasteiger partial charge in [-0.2, -0.15) is 5.10 Å². The lowest BCUT2D eigenvalue weighted by molar-refractivity contribution is -0.119. The van der Waals surface area contributed by atoms with E-state index < -0.39 is 12.2 Å². The lowest BCUT2D eigenvalue weighted by atomic mass is 10.1. The van der Waals surface area contributed by atoms with E-state index in [1.54, 1.807) is 0 Å². The van der Waals surface area contributed by atoms with Crippen molar-refractivity contribution in [3.63, 3.8) is 0 Å². The number of hydrogen-bond donors (Lipinski definition) is 4. The summed E-state index contributed by atoms with van der Waals surface area (Å²) in [5.41, 5.74) is 0. The molecule has 0 radical (unpaired) electrons. The van der Waals surface area contributed by atoms with E-state index in [1.807, 2.05) is 0 Å². The van der Waals surface area contributed by atoms with Crippen LogP contribution in [0, 0.1) is 0 Å². The smallest absolute Gasteiger partial charge is 0.216 e. The Morgan fingerprint density at radius 2 is 2.40 bits per heavy atom. The molecule has 1 rings (SSSR count). The molecule has 4 N–H and O–H groups in total. The first-order valence-corrected chi connectivity index (χ1v) is 4.57. The average molecular weight is 214 g/mol. The SMILES string of the molecule is CC(=O)NCCC(O)C(O)c1ncn[nH]1. The van der Waals surface area contributed by atoms with E-state index in [4.69, 9.17) is 0 Å². The van der Waals surface area contributed by atoms with Crippen LogP contribution in [0.3, 0.4) is 0 Å². The maximum absolute atomic E-state index is 10.5. The Morgan fingerprint density at radius 1 is 1.67 bits per heavy atom. The molecule has 2 unspecified atom stereocenters. The lowest BCUT2D eigenvalue weighted by Crippen LogP contribution is -2.28. The van der Waals surface area contributed by atoms with Crippen molar-refractivity contribution in [2.75, 3.05) is 6.54 Å². The molecule has 15 heavy (non-hydrogen) atoms. The van der Waals surface area contributed by atoms with E-state index in [0.29, 0.717) is 6.54 Å². The highest BCUT2D eigenvalue weighted by molar-refractivity contribution is 5.72. The normalized spacial score (nSPS) is 14.6. The minimum Gasteiger partial charge on any atom is -0.390 e. The van der Waals surface area contributed by atoms with Gasteiger partial charge in [0.15, 0.2) is 5.82 Å². The first-order valence-electron chi connectivity index (χ1n) is 4.57. The van der Waals surface area contributed by atoms with E-state index >= 15 is 0 Å². The molecule has 1 amide bonds. The number of carbonyl (C=O) groups excluding carboxylic acids is 1. The molecular formula is C8H14N4O3. The molecule has 0 saturated carbocycles. The zero-order chi connectivity index (χ0) is 11.3. The van der Waals surface area contributed by atoms with Crippen molar-refractivity contribution < 1.29 is 15.0 Å². The molecule has 1 aromatic rings. The van der Waals surface area contributed by atoms with Gasteiger partial charge in [0.05, 0.1) is 6.10 Å². The molecule has 0 bridgehead atoms.